The van der Waals surface area contributed by atoms with Gasteiger partial charge in [0.1, 0.15) is 0 Å². The standard InChI is InChI=1S/C8H7BrClI/c9-4-3-6-1-2-8(11)7(10)5-6/h1-2,5H,3-4H2. The van der Waals surface area contributed by atoms with E-state index in [9.17, 15) is 0 Å². The Morgan fingerprint density at radius 1 is 1.45 bits per heavy atom. The Bertz CT molecular complexity index is 250. The molecular weight excluding hydrogens is 338 g/mol. The van der Waals surface area contributed by atoms with Crippen LogP contribution in [-0.4, -0.2) is 5.33 Å². The van der Waals surface area contributed by atoms with Gasteiger partial charge in [0.15, 0.2) is 0 Å². The molecule has 3 heteroatoms. The molecule has 1 aromatic rings. The average Bonchev–Trinajstić information content (AvgIpc) is 1.98. The molecule has 0 aliphatic carbocycles. The maximum atomic E-state index is 5.93. The fourth-order valence-corrected chi connectivity index (χ4v) is 1.80. The van der Waals surface area contributed by atoms with Gasteiger partial charge in [-0.3, -0.25) is 0 Å². The fourth-order valence-electron chi connectivity index (χ4n) is 0.804. The van der Waals surface area contributed by atoms with Crippen LogP contribution < -0.4 is 0 Å². The lowest BCUT2D eigenvalue weighted by molar-refractivity contribution is 1.17. The molecule has 0 spiro atoms. The first-order chi connectivity index (χ1) is 5.24. The van der Waals surface area contributed by atoms with Gasteiger partial charge in [0.25, 0.3) is 0 Å². The summed E-state index contributed by atoms with van der Waals surface area (Å²) in [7, 11) is 0. The van der Waals surface area contributed by atoms with Crippen molar-refractivity contribution in [3.8, 4) is 0 Å². The van der Waals surface area contributed by atoms with Crippen molar-refractivity contribution in [2.75, 3.05) is 5.33 Å². The van der Waals surface area contributed by atoms with E-state index in [-0.39, 0.29) is 0 Å². The minimum absolute atomic E-state index is 0.851. The normalized spacial score (nSPS) is 10.1. The third kappa shape index (κ3) is 2.92. The van der Waals surface area contributed by atoms with Gasteiger partial charge in [-0.1, -0.05) is 33.6 Å². The Kier molecular flexibility index (Phi) is 4.17. The summed E-state index contributed by atoms with van der Waals surface area (Å²) in [4.78, 5) is 0. The molecule has 0 aliphatic heterocycles. The molecule has 0 atom stereocenters. The van der Waals surface area contributed by atoms with Crippen LogP contribution in [0.4, 0.5) is 0 Å². The minimum atomic E-state index is 0.851. The van der Waals surface area contributed by atoms with Gasteiger partial charge in [-0.2, -0.15) is 0 Å². The third-order valence-corrected chi connectivity index (χ3v) is 3.34. The van der Waals surface area contributed by atoms with E-state index in [1.807, 2.05) is 12.1 Å². The zero-order valence-corrected chi connectivity index (χ0v) is 10.3. The molecule has 0 aliphatic rings. The van der Waals surface area contributed by atoms with Crippen molar-refractivity contribution < 1.29 is 0 Å². The van der Waals surface area contributed by atoms with Gasteiger partial charge in [-0.05, 0) is 46.7 Å². The zero-order chi connectivity index (χ0) is 8.27. The van der Waals surface area contributed by atoms with E-state index in [1.165, 1.54) is 5.56 Å². The molecule has 0 aromatic heterocycles. The highest BCUT2D eigenvalue weighted by Gasteiger charge is 1.97. The van der Waals surface area contributed by atoms with E-state index in [1.54, 1.807) is 0 Å². The van der Waals surface area contributed by atoms with Crippen LogP contribution in [0.15, 0.2) is 18.2 Å². The Labute approximate surface area is 93.6 Å². The van der Waals surface area contributed by atoms with Crippen LogP contribution in [0, 0.1) is 3.57 Å². The Morgan fingerprint density at radius 3 is 2.73 bits per heavy atom. The predicted octanol–water partition coefficient (Wildman–Crippen LogP) is 3.88. The summed E-state index contributed by atoms with van der Waals surface area (Å²) in [5.74, 6) is 0. The maximum absolute atomic E-state index is 5.93. The summed E-state index contributed by atoms with van der Waals surface area (Å²) in [5.41, 5.74) is 1.28. The lowest BCUT2D eigenvalue weighted by Crippen LogP contribution is -1.85. The number of alkyl halides is 1. The van der Waals surface area contributed by atoms with Gasteiger partial charge in [0, 0.05) is 8.90 Å². The van der Waals surface area contributed by atoms with Gasteiger partial charge in [0.2, 0.25) is 0 Å². The van der Waals surface area contributed by atoms with Gasteiger partial charge in [-0.15, -0.1) is 0 Å². The number of aryl methyl sites for hydroxylation is 1. The van der Waals surface area contributed by atoms with Gasteiger partial charge in [-0.25, -0.2) is 0 Å². The quantitative estimate of drug-likeness (QED) is 0.564. The van der Waals surface area contributed by atoms with Crippen molar-refractivity contribution in [3.63, 3.8) is 0 Å². The SMILES string of the molecule is Clc1cc(CCBr)ccc1I. The maximum Gasteiger partial charge on any atom is 0.0542 e. The van der Waals surface area contributed by atoms with E-state index in [0.29, 0.717) is 0 Å². The summed E-state index contributed by atoms with van der Waals surface area (Å²) < 4.78 is 1.11. The molecular formula is C8H7BrClI. The molecule has 0 unspecified atom stereocenters. The van der Waals surface area contributed by atoms with Crippen molar-refractivity contribution >= 4 is 50.1 Å². The summed E-state index contributed by atoms with van der Waals surface area (Å²) in [6.45, 7) is 0. The number of rotatable bonds is 2. The molecule has 0 bridgehead atoms. The van der Waals surface area contributed by atoms with E-state index < -0.39 is 0 Å². The zero-order valence-electron chi connectivity index (χ0n) is 5.78. The highest BCUT2D eigenvalue weighted by atomic mass is 127. The van der Waals surface area contributed by atoms with E-state index in [4.69, 9.17) is 11.6 Å². The lowest BCUT2D eigenvalue weighted by atomic mass is 10.2. The first-order valence-corrected chi connectivity index (χ1v) is 5.81. The molecule has 1 aromatic carbocycles. The molecule has 0 heterocycles. The molecule has 0 amide bonds. The van der Waals surface area contributed by atoms with Crippen molar-refractivity contribution in [1.29, 1.82) is 0 Å². The van der Waals surface area contributed by atoms with E-state index in [0.717, 1.165) is 20.3 Å². The van der Waals surface area contributed by atoms with Crippen LogP contribution in [-0.2, 0) is 6.42 Å². The third-order valence-electron chi connectivity index (χ3n) is 1.37. The number of hydrogen-bond donors (Lipinski definition) is 0. The summed E-state index contributed by atoms with van der Waals surface area (Å²) in [6, 6.07) is 6.17. The number of halogens is 3. The first-order valence-electron chi connectivity index (χ1n) is 3.24. The Balaban J connectivity index is 2.86. The molecule has 60 valence electrons. The second-order valence-electron chi connectivity index (χ2n) is 2.19. The first kappa shape index (κ1) is 9.81. The number of hydrogen-bond acceptors (Lipinski definition) is 0. The van der Waals surface area contributed by atoms with Crippen molar-refractivity contribution in [2.24, 2.45) is 0 Å². The smallest absolute Gasteiger partial charge is 0.0542 e. The minimum Gasteiger partial charge on any atom is -0.0924 e. The second kappa shape index (κ2) is 4.67. The van der Waals surface area contributed by atoms with Crippen LogP contribution in [0.3, 0.4) is 0 Å². The Morgan fingerprint density at radius 2 is 2.18 bits per heavy atom. The fraction of sp³-hybridized carbons (Fsp3) is 0.250. The van der Waals surface area contributed by atoms with Gasteiger partial charge < -0.3 is 0 Å². The number of benzene rings is 1. The van der Waals surface area contributed by atoms with E-state index >= 15 is 0 Å². The molecule has 0 N–H and O–H groups in total. The monoisotopic (exact) mass is 344 g/mol. The molecule has 11 heavy (non-hydrogen) atoms. The largest absolute Gasteiger partial charge is 0.0924 e. The molecule has 1 rings (SSSR count). The van der Waals surface area contributed by atoms with Crippen molar-refractivity contribution in [3.05, 3.63) is 32.4 Å². The summed E-state index contributed by atoms with van der Waals surface area (Å²) in [5, 5.41) is 1.84. The van der Waals surface area contributed by atoms with Crippen LogP contribution in [0.2, 0.25) is 5.02 Å². The lowest BCUT2D eigenvalue weighted by Gasteiger charge is -1.99. The van der Waals surface area contributed by atoms with Crippen LogP contribution in [0.1, 0.15) is 5.56 Å². The topological polar surface area (TPSA) is 0 Å². The van der Waals surface area contributed by atoms with Crippen LogP contribution in [0.25, 0.3) is 0 Å². The molecule has 0 nitrogen and oxygen atoms in total. The van der Waals surface area contributed by atoms with Crippen LogP contribution in [0.5, 0.6) is 0 Å². The second-order valence-corrected chi connectivity index (χ2v) is 4.55. The Hall–Kier alpha value is 0.720. The molecule has 0 saturated carbocycles. The molecule has 0 saturated heterocycles. The summed E-state index contributed by atoms with van der Waals surface area (Å²) in [6.07, 6.45) is 1.04. The van der Waals surface area contributed by atoms with Crippen molar-refractivity contribution in [1.82, 2.24) is 0 Å². The highest BCUT2D eigenvalue weighted by molar-refractivity contribution is 14.1. The highest BCUT2D eigenvalue weighted by Crippen LogP contribution is 2.19. The van der Waals surface area contributed by atoms with Gasteiger partial charge >= 0.3 is 0 Å². The van der Waals surface area contributed by atoms with Crippen LogP contribution >= 0.6 is 50.1 Å². The predicted molar refractivity (Wildman–Crippen MR) is 61.7 cm³/mol. The van der Waals surface area contributed by atoms with E-state index in [2.05, 4.69) is 44.6 Å². The average molecular weight is 345 g/mol. The molecule has 0 radical (unpaired) electrons. The summed E-state index contributed by atoms with van der Waals surface area (Å²) >= 11 is 11.5. The molecule has 0 fully saturated rings. The van der Waals surface area contributed by atoms with Crippen molar-refractivity contribution in [2.45, 2.75) is 6.42 Å². The van der Waals surface area contributed by atoms with Gasteiger partial charge in [0.05, 0.1) is 5.02 Å².